The number of carbonyl (C=O) groups is 1. The Hall–Kier alpha value is -1.64. The molecule has 3 heterocycles. The van der Waals surface area contributed by atoms with Crippen LogP contribution in [-0.2, 0) is 19.6 Å². The first kappa shape index (κ1) is 23.5. The minimum atomic E-state index is -3.37. The Balaban J connectivity index is 1.51. The van der Waals surface area contributed by atoms with Gasteiger partial charge < -0.3 is 14.4 Å². The van der Waals surface area contributed by atoms with E-state index in [2.05, 4.69) is 22.9 Å². The van der Waals surface area contributed by atoms with Crippen molar-refractivity contribution in [2.75, 3.05) is 19.5 Å². The van der Waals surface area contributed by atoms with Crippen molar-refractivity contribution in [1.29, 1.82) is 0 Å². The zero-order valence-electron chi connectivity index (χ0n) is 19.2. The molecule has 4 aliphatic rings. The molecule has 3 atom stereocenters. The normalized spacial score (nSPS) is 32.2. The van der Waals surface area contributed by atoms with E-state index in [0.717, 1.165) is 44.3 Å². The van der Waals surface area contributed by atoms with Gasteiger partial charge in [0.15, 0.2) is 0 Å². The number of benzene rings is 1. The van der Waals surface area contributed by atoms with Gasteiger partial charge in [-0.15, -0.1) is 0 Å². The van der Waals surface area contributed by atoms with E-state index in [9.17, 15) is 13.2 Å². The highest BCUT2D eigenvalue weighted by Gasteiger charge is 2.43. The molecular weight excluding hydrogens is 428 g/mol. The molecule has 0 spiro atoms. The van der Waals surface area contributed by atoms with Gasteiger partial charge in [0.2, 0.25) is 15.9 Å². The Morgan fingerprint density at radius 1 is 1.12 bits per heavy atom. The van der Waals surface area contributed by atoms with Crippen LogP contribution in [0.5, 0.6) is 5.75 Å². The van der Waals surface area contributed by atoms with E-state index in [1.165, 1.54) is 11.8 Å². The van der Waals surface area contributed by atoms with Crippen molar-refractivity contribution in [2.45, 2.75) is 88.4 Å². The number of hydrogen-bond donors (Lipinski definition) is 1. The lowest BCUT2D eigenvalue weighted by molar-refractivity contribution is -0.136. The van der Waals surface area contributed by atoms with Crippen molar-refractivity contribution in [3.8, 4) is 5.75 Å². The summed E-state index contributed by atoms with van der Waals surface area (Å²) in [7, 11) is -3.37. The maximum Gasteiger partial charge on any atom is 0.223 e. The van der Waals surface area contributed by atoms with E-state index in [1.54, 1.807) is 0 Å². The Morgan fingerprint density at radius 2 is 1.91 bits per heavy atom. The Bertz CT molecular complexity index is 897. The quantitative estimate of drug-likeness (QED) is 0.727. The summed E-state index contributed by atoms with van der Waals surface area (Å²) in [5, 5.41) is 0. The van der Waals surface area contributed by atoms with Crippen LogP contribution in [-0.4, -0.2) is 62.9 Å². The van der Waals surface area contributed by atoms with E-state index < -0.39 is 10.0 Å². The van der Waals surface area contributed by atoms with Gasteiger partial charge in [0.1, 0.15) is 5.75 Å². The van der Waals surface area contributed by atoms with Crippen molar-refractivity contribution in [1.82, 2.24) is 9.62 Å². The highest BCUT2D eigenvalue weighted by Crippen LogP contribution is 2.36. The van der Waals surface area contributed by atoms with E-state index in [4.69, 9.17) is 9.47 Å². The van der Waals surface area contributed by atoms with Gasteiger partial charge in [-0.05, 0) is 75.5 Å². The number of sulfonamides is 1. The smallest absolute Gasteiger partial charge is 0.223 e. The van der Waals surface area contributed by atoms with Crippen LogP contribution in [0.3, 0.4) is 0 Å². The van der Waals surface area contributed by atoms with Crippen molar-refractivity contribution in [2.24, 2.45) is 0 Å². The minimum absolute atomic E-state index is 0.0223. The first-order chi connectivity index (χ1) is 15.3. The topological polar surface area (TPSA) is 84.9 Å². The molecule has 32 heavy (non-hydrogen) atoms. The minimum Gasteiger partial charge on any atom is -0.494 e. The fraction of sp³-hybridized carbons (Fsp3) is 0.708. The van der Waals surface area contributed by atoms with E-state index in [0.29, 0.717) is 32.0 Å². The van der Waals surface area contributed by atoms with Crippen LogP contribution >= 0.6 is 0 Å². The second-order valence-corrected chi connectivity index (χ2v) is 11.4. The molecule has 1 amide bonds. The van der Waals surface area contributed by atoms with Gasteiger partial charge >= 0.3 is 0 Å². The van der Waals surface area contributed by atoms with Crippen LogP contribution < -0.4 is 9.46 Å². The summed E-state index contributed by atoms with van der Waals surface area (Å²) in [6.07, 6.45) is 7.96. The molecule has 0 radical (unpaired) electrons. The first-order valence-corrected chi connectivity index (χ1v) is 13.8. The summed E-state index contributed by atoms with van der Waals surface area (Å²) in [6, 6.07) is 7.81. The second kappa shape index (κ2) is 10.1. The zero-order valence-corrected chi connectivity index (χ0v) is 20.0. The standard InChI is InChI=1S/C24H36N2O5S/c1-17-14-22(25-32(2,28)29)23-16-31-20-11-9-18(10-12-20)19-6-5-7-21(15-19)30-13-4-3-8-24(27)26(17)23/h5-7,15,17-18,20,22-23,25H,3-4,8-14,16H2,1-2H3/t17-,18?,20?,22+,23?/m1/s1. The number of fused-ring (bicyclic) bond motifs is 8. The third-order valence-electron chi connectivity index (χ3n) is 7.11. The van der Waals surface area contributed by atoms with E-state index in [1.807, 2.05) is 17.9 Å². The Kier molecular flexibility index (Phi) is 7.42. The van der Waals surface area contributed by atoms with Crippen LogP contribution in [0.25, 0.3) is 0 Å². The number of rotatable bonds is 2. The van der Waals surface area contributed by atoms with Crippen LogP contribution in [0.2, 0.25) is 0 Å². The number of nitrogens with zero attached hydrogens (tertiary/aromatic N) is 1. The number of amides is 1. The molecule has 7 nitrogen and oxygen atoms in total. The van der Waals surface area contributed by atoms with Gasteiger partial charge in [-0.2, -0.15) is 0 Å². The lowest BCUT2D eigenvalue weighted by Crippen LogP contribution is -2.50. The third kappa shape index (κ3) is 5.83. The molecule has 1 unspecified atom stereocenters. The molecule has 3 aliphatic heterocycles. The van der Waals surface area contributed by atoms with Crippen LogP contribution in [0.4, 0.5) is 0 Å². The summed E-state index contributed by atoms with van der Waals surface area (Å²) in [5.41, 5.74) is 1.33. The maximum atomic E-state index is 13.1. The van der Waals surface area contributed by atoms with Crippen LogP contribution in [0.15, 0.2) is 24.3 Å². The van der Waals surface area contributed by atoms with Gasteiger partial charge in [0.25, 0.3) is 0 Å². The molecule has 8 heteroatoms. The zero-order chi connectivity index (χ0) is 22.7. The molecule has 1 aliphatic carbocycles. The molecular formula is C24H36N2O5S. The largest absolute Gasteiger partial charge is 0.494 e. The molecule has 1 aromatic carbocycles. The monoisotopic (exact) mass is 464 g/mol. The van der Waals surface area contributed by atoms with Crippen LogP contribution in [0, 0.1) is 0 Å². The third-order valence-corrected chi connectivity index (χ3v) is 7.84. The van der Waals surface area contributed by atoms with E-state index in [-0.39, 0.29) is 30.1 Å². The summed E-state index contributed by atoms with van der Waals surface area (Å²) in [6.45, 7) is 2.96. The fourth-order valence-corrected chi connectivity index (χ4v) is 6.34. The number of carbonyl (C=O) groups excluding carboxylic acids is 1. The van der Waals surface area contributed by atoms with Crippen molar-refractivity contribution < 1.29 is 22.7 Å². The predicted octanol–water partition coefficient (Wildman–Crippen LogP) is 3.20. The number of nitrogens with one attached hydrogen (secondary N) is 1. The maximum absolute atomic E-state index is 13.1. The summed E-state index contributed by atoms with van der Waals surface area (Å²) >= 11 is 0. The molecule has 1 saturated heterocycles. The number of hydrogen-bond acceptors (Lipinski definition) is 5. The highest BCUT2D eigenvalue weighted by molar-refractivity contribution is 7.88. The van der Waals surface area contributed by atoms with Crippen molar-refractivity contribution >= 4 is 15.9 Å². The van der Waals surface area contributed by atoms with Gasteiger partial charge in [-0.3, -0.25) is 4.79 Å². The molecule has 1 saturated carbocycles. The Labute approximate surface area is 191 Å². The average molecular weight is 465 g/mol. The molecule has 5 rings (SSSR count). The molecule has 4 bridgehead atoms. The predicted molar refractivity (Wildman–Crippen MR) is 123 cm³/mol. The SMILES string of the molecule is C[C@@H]1C[C@H](NS(C)(=O)=O)C2COC3CCC(CC3)c3cccc(c3)OCCCCC(=O)N21. The molecule has 2 fully saturated rings. The highest BCUT2D eigenvalue weighted by atomic mass is 32.2. The fourth-order valence-electron chi connectivity index (χ4n) is 5.54. The average Bonchev–Trinajstić information content (AvgIpc) is 3.05. The van der Waals surface area contributed by atoms with E-state index >= 15 is 0 Å². The van der Waals surface area contributed by atoms with Gasteiger partial charge in [0, 0.05) is 18.5 Å². The van der Waals surface area contributed by atoms with Gasteiger partial charge in [-0.1, -0.05) is 12.1 Å². The first-order valence-electron chi connectivity index (χ1n) is 11.9. The molecule has 0 aromatic heterocycles. The summed E-state index contributed by atoms with van der Waals surface area (Å²) in [5.74, 6) is 1.48. The van der Waals surface area contributed by atoms with Crippen molar-refractivity contribution in [3.63, 3.8) is 0 Å². The Morgan fingerprint density at radius 3 is 2.66 bits per heavy atom. The summed E-state index contributed by atoms with van der Waals surface area (Å²) < 4.78 is 38.9. The lowest BCUT2D eigenvalue weighted by atomic mass is 9.82. The van der Waals surface area contributed by atoms with Crippen LogP contribution in [0.1, 0.15) is 69.8 Å². The molecule has 178 valence electrons. The molecule has 1 aromatic rings. The summed E-state index contributed by atoms with van der Waals surface area (Å²) in [4.78, 5) is 15.0. The van der Waals surface area contributed by atoms with Gasteiger partial charge in [0.05, 0.1) is 31.6 Å². The second-order valence-electron chi connectivity index (χ2n) is 9.63. The number of ether oxygens (including phenoxy) is 2. The molecule has 1 N–H and O–H groups in total. The van der Waals surface area contributed by atoms with Crippen molar-refractivity contribution in [3.05, 3.63) is 29.8 Å². The van der Waals surface area contributed by atoms with Gasteiger partial charge in [-0.25, -0.2) is 13.1 Å². The lowest BCUT2D eigenvalue weighted by Gasteiger charge is -2.34.